The highest BCUT2D eigenvalue weighted by Gasteiger charge is 2.17. The van der Waals surface area contributed by atoms with E-state index in [1.807, 2.05) is 51.1 Å². The van der Waals surface area contributed by atoms with Gasteiger partial charge >= 0.3 is 0 Å². The number of hydrogen-bond donors (Lipinski definition) is 1. The summed E-state index contributed by atoms with van der Waals surface area (Å²) in [6.45, 7) is 5.89. The molecule has 0 aliphatic carbocycles. The molecule has 0 atom stereocenters. The van der Waals surface area contributed by atoms with E-state index >= 15 is 0 Å². The van der Waals surface area contributed by atoms with Crippen LogP contribution in [-0.2, 0) is 0 Å². The Morgan fingerprint density at radius 3 is 2.35 bits per heavy atom. The normalized spacial score (nSPS) is 10.6. The van der Waals surface area contributed by atoms with Gasteiger partial charge in [0.05, 0.1) is 10.6 Å². The molecule has 0 radical (unpaired) electrons. The highest BCUT2D eigenvalue weighted by atomic mass is 32.1. The molecule has 3 rings (SSSR count). The molecule has 1 aromatic carbocycles. The van der Waals surface area contributed by atoms with Gasteiger partial charge < -0.3 is 5.32 Å². The van der Waals surface area contributed by atoms with Gasteiger partial charge in [-0.05, 0) is 49.6 Å². The van der Waals surface area contributed by atoms with Crippen LogP contribution >= 0.6 is 11.3 Å². The van der Waals surface area contributed by atoms with E-state index in [1.165, 1.54) is 11.3 Å². The molecule has 116 valence electrons. The Balaban J connectivity index is 1.90. The molecule has 4 nitrogen and oxygen atoms in total. The fourth-order valence-electron chi connectivity index (χ4n) is 2.44. The maximum atomic E-state index is 12.5. The van der Waals surface area contributed by atoms with Gasteiger partial charge in [0.15, 0.2) is 5.01 Å². The molecule has 1 amide bonds. The van der Waals surface area contributed by atoms with Crippen LogP contribution in [0.1, 0.15) is 26.6 Å². The highest BCUT2D eigenvalue weighted by molar-refractivity contribution is 7.17. The second-order valence-electron chi connectivity index (χ2n) is 5.39. The number of hydrogen-bond acceptors (Lipinski definition) is 4. The van der Waals surface area contributed by atoms with Gasteiger partial charge in [-0.3, -0.25) is 9.78 Å². The number of carbonyl (C=O) groups excluding carboxylic acids is 1. The SMILES string of the molecule is Cc1cccc(C)c1NC(=O)c1nc(C)c(-c2ccncc2)s1. The van der Waals surface area contributed by atoms with Crippen molar-refractivity contribution in [3.63, 3.8) is 0 Å². The van der Waals surface area contributed by atoms with E-state index in [0.29, 0.717) is 5.01 Å². The molecule has 0 fully saturated rings. The first-order chi connectivity index (χ1) is 11.1. The summed E-state index contributed by atoms with van der Waals surface area (Å²) in [5.41, 5.74) is 4.83. The average Bonchev–Trinajstić information content (AvgIpc) is 2.94. The third kappa shape index (κ3) is 3.14. The number of anilines is 1. The maximum absolute atomic E-state index is 12.5. The van der Waals surface area contributed by atoms with E-state index in [2.05, 4.69) is 15.3 Å². The summed E-state index contributed by atoms with van der Waals surface area (Å²) in [5.74, 6) is -0.171. The fourth-order valence-corrected chi connectivity index (χ4v) is 3.41. The number of carbonyl (C=O) groups is 1. The fraction of sp³-hybridized carbons (Fsp3) is 0.167. The van der Waals surface area contributed by atoms with Crippen LogP contribution in [0.5, 0.6) is 0 Å². The van der Waals surface area contributed by atoms with E-state index in [1.54, 1.807) is 12.4 Å². The van der Waals surface area contributed by atoms with Crippen molar-refractivity contribution in [1.29, 1.82) is 0 Å². The van der Waals surface area contributed by atoms with Gasteiger partial charge in [0, 0.05) is 18.1 Å². The summed E-state index contributed by atoms with van der Waals surface area (Å²) in [6, 6.07) is 9.80. The van der Waals surface area contributed by atoms with E-state index in [0.717, 1.165) is 32.9 Å². The lowest BCUT2D eigenvalue weighted by atomic mass is 10.1. The zero-order valence-electron chi connectivity index (χ0n) is 13.3. The first kappa shape index (κ1) is 15.4. The molecule has 0 bridgehead atoms. The second-order valence-corrected chi connectivity index (χ2v) is 6.39. The van der Waals surface area contributed by atoms with Gasteiger partial charge in [-0.2, -0.15) is 0 Å². The Kier molecular flexibility index (Phi) is 4.21. The third-order valence-electron chi connectivity index (χ3n) is 3.65. The average molecular weight is 323 g/mol. The highest BCUT2D eigenvalue weighted by Crippen LogP contribution is 2.30. The molecule has 3 aromatic rings. The topological polar surface area (TPSA) is 54.9 Å². The van der Waals surface area contributed by atoms with Crippen molar-refractivity contribution in [1.82, 2.24) is 9.97 Å². The molecule has 23 heavy (non-hydrogen) atoms. The molecule has 0 unspecified atom stereocenters. The molecule has 2 heterocycles. The first-order valence-corrected chi connectivity index (χ1v) is 8.13. The maximum Gasteiger partial charge on any atom is 0.284 e. The Hall–Kier alpha value is -2.53. The van der Waals surface area contributed by atoms with Crippen LogP contribution in [0.15, 0.2) is 42.7 Å². The molecule has 0 aliphatic rings. The summed E-state index contributed by atoms with van der Waals surface area (Å²) < 4.78 is 0. The molecule has 5 heteroatoms. The first-order valence-electron chi connectivity index (χ1n) is 7.31. The monoisotopic (exact) mass is 323 g/mol. The van der Waals surface area contributed by atoms with Gasteiger partial charge in [-0.15, -0.1) is 11.3 Å². The lowest BCUT2D eigenvalue weighted by Crippen LogP contribution is -2.13. The number of pyridine rings is 1. The van der Waals surface area contributed by atoms with Gasteiger partial charge in [0.25, 0.3) is 5.91 Å². The predicted molar refractivity (Wildman–Crippen MR) is 94.0 cm³/mol. The Bertz CT molecular complexity index is 836. The summed E-state index contributed by atoms with van der Waals surface area (Å²) in [7, 11) is 0. The van der Waals surface area contributed by atoms with Crippen molar-refractivity contribution in [3.8, 4) is 10.4 Å². The van der Waals surface area contributed by atoms with Crippen molar-refractivity contribution in [2.24, 2.45) is 0 Å². The second kappa shape index (κ2) is 6.30. The summed E-state index contributed by atoms with van der Waals surface area (Å²) >= 11 is 1.40. The Labute approximate surface area is 139 Å². The van der Waals surface area contributed by atoms with Gasteiger partial charge in [0.1, 0.15) is 0 Å². The van der Waals surface area contributed by atoms with Crippen LogP contribution in [0.2, 0.25) is 0 Å². The smallest absolute Gasteiger partial charge is 0.284 e. The lowest BCUT2D eigenvalue weighted by molar-refractivity contribution is 0.102. The molecular formula is C18H17N3OS. The number of rotatable bonds is 3. The van der Waals surface area contributed by atoms with Crippen LogP contribution in [0, 0.1) is 20.8 Å². The van der Waals surface area contributed by atoms with Crippen LogP contribution < -0.4 is 5.32 Å². The number of thiazole rings is 1. The molecule has 0 spiro atoms. The number of para-hydroxylation sites is 1. The number of aryl methyl sites for hydroxylation is 3. The Morgan fingerprint density at radius 1 is 1.04 bits per heavy atom. The zero-order chi connectivity index (χ0) is 16.4. The summed E-state index contributed by atoms with van der Waals surface area (Å²) in [5, 5.41) is 3.45. The molecule has 0 aliphatic heterocycles. The minimum absolute atomic E-state index is 0.171. The van der Waals surface area contributed by atoms with E-state index < -0.39 is 0 Å². The van der Waals surface area contributed by atoms with Crippen molar-refractivity contribution in [3.05, 3.63) is 64.6 Å². The van der Waals surface area contributed by atoms with E-state index in [9.17, 15) is 4.79 Å². The minimum atomic E-state index is -0.171. The number of benzene rings is 1. The van der Waals surface area contributed by atoms with Gasteiger partial charge in [0.2, 0.25) is 0 Å². The molecular weight excluding hydrogens is 306 g/mol. The van der Waals surface area contributed by atoms with Crippen LogP contribution in [0.3, 0.4) is 0 Å². The van der Waals surface area contributed by atoms with Crippen molar-refractivity contribution in [2.45, 2.75) is 20.8 Å². The molecule has 0 saturated carbocycles. The Morgan fingerprint density at radius 2 is 1.70 bits per heavy atom. The summed E-state index contributed by atoms with van der Waals surface area (Å²) in [4.78, 5) is 22.0. The molecule has 2 aromatic heterocycles. The van der Waals surface area contributed by atoms with Crippen LogP contribution in [-0.4, -0.2) is 15.9 Å². The van der Waals surface area contributed by atoms with Gasteiger partial charge in [-0.25, -0.2) is 4.98 Å². The van der Waals surface area contributed by atoms with Gasteiger partial charge in [-0.1, -0.05) is 18.2 Å². The number of nitrogens with zero attached hydrogens (tertiary/aromatic N) is 2. The number of nitrogens with one attached hydrogen (secondary N) is 1. The standard InChI is InChI=1S/C18H17N3OS/c1-11-5-4-6-12(2)15(11)21-17(22)18-20-13(3)16(23-18)14-7-9-19-10-8-14/h4-10H,1-3H3,(H,21,22). The van der Waals surface area contributed by atoms with E-state index in [4.69, 9.17) is 0 Å². The molecule has 1 N–H and O–H groups in total. The largest absolute Gasteiger partial charge is 0.319 e. The van der Waals surface area contributed by atoms with Crippen molar-refractivity contribution < 1.29 is 4.79 Å². The van der Waals surface area contributed by atoms with Crippen LogP contribution in [0.4, 0.5) is 5.69 Å². The molecule has 0 saturated heterocycles. The van der Waals surface area contributed by atoms with Crippen LogP contribution in [0.25, 0.3) is 10.4 Å². The third-order valence-corrected chi connectivity index (χ3v) is 4.86. The summed E-state index contributed by atoms with van der Waals surface area (Å²) in [6.07, 6.45) is 3.48. The van der Waals surface area contributed by atoms with E-state index in [-0.39, 0.29) is 5.91 Å². The number of amides is 1. The lowest BCUT2D eigenvalue weighted by Gasteiger charge is -2.09. The zero-order valence-corrected chi connectivity index (χ0v) is 14.1. The van der Waals surface area contributed by atoms with Crippen molar-refractivity contribution >= 4 is 22.9 Å². The quantitative estimate of drug-likeness (QED) is 0.778. The predicted octanol–water partition coefficient (Wildman–Crippen LogP) is 4.38. The minimum Gasteiger partial charge on any atom is -0.319 e. The van der Waals surface area contributed by atoms with Crippen molar-refractivity contribution in [2.75, 3.05) is 5.32 Å². The number of aromatic nitrogens is 2.